The monoisotopic (exact) mass is 406 g/mol. The Bertz CT molecular complexity index is 849. The maximum atomic E-state index is 12.4. The summed E-state index contributed by atoms with van der Waals surface area (Å²) in [6.45, 7) is 1.18. The molecule has 2 heterocycles. The molecule has 0 atom stereocenters. The molecule has 4 nitrogen and oxygen atoms in total. The molecule has 1 amide bonds. The van der Waals surface area contributed by atoms with Crippen LogP contribution in [-0.4, -0.2) is 36.0 Å². The summed E-state index contributed by atoms with van der Waals surface area (Å²) in [4.78, 5) is 18.6. The molecule has 0 N–H and O–H groups in total. The fourth-order valence-electron chi connectivity index (χ4n) is 2.37. The Morgan fingerprint density at radius 1 is 1.31 bits per heavy atom. The normalized spacial score (nSPS) is 10.7. The average molecular weight is 407 g/mol. The van der Waals surface area contributed by atoms with Crippen molar-refractivity contribution < 1.29 is 9.53 Å². The van der Waals surface area contributed by atoms with Gasteiger partial charge in [-0.2, -0.15) is 11.3 Å². The molecule has 0 aliphatic heterocycles. The fourth-order valence-corrected chi connectivity index (χ4v) is 4.08. The van der Waals surface area contributed by atoms with Crippen molar-refractivity contribution in [3.05, 3.63) is 57.2 Å². The number of benzene rings is 1. The first kappa shape index (κ1) is 18.9. The van der Waals surface area contributed by atoms with E-state index in [1.807, 2.05) is 42.1 Å². The number of carbonyl (C=O) groups is 1. The Hall–Kier alpha value is -1.89. The van der Waals surface area contributed by atoms with Crippen LogP contribution in [0.5, 0.6) is 5.75 Å². The van der Waals surface area contributed by atoms with Crippen molar-refractivity contribution in [2.24, 2.45) is 0 Å². The number of hydrogen-bond donors (Lipinski definition) is 0. The van der Waals surface area contributed by atoms with E-state index in [0.29, 0.717) is 24.6 Å². The van der Waals surface area contributed by atoms with E-state index in [2.05, 4.69) is 10.4 Å². The molecular formula is C19H19ClN2O2S2. The summed E-state index contributed by atoms with van der Waals surface area (Å²) < 4.78 is 5.65. The van der Waals surface area contributed by atoms with Gasteiger partial charge in [-0.05, 0) is 36.1 Å². The highest BCUT2D eigenvalue weighted by Gasteiger charge is 2.13. The Labute approximate surface area is 166 Å². The Kier molecular flexibility index (Phi) is 6.66. The number of thiazole rings is 1. The van der Waals surface area contributed by atoms with E-state index >= 15 is 0 Å². The molecule has 3 rings (SSSR count). The maximum Gasteiger partial charge on any atom is 0.228 e. The molecule has 0 spiro atoms. The highest BCUT2D eigenvalue weighted by Crippen LogP contribution is 2.26. The maximum absolute atomic E-state index is 12.4. The van der Waals surface area contributed by atoms with Crippen LogP contribution in [0.25, 0.3) is 10.6 Å². The second-order valence-corrected chi connectivity index (χ2v) is 7.88. The number of carbonyl (C=O) groups excluding carboxylic acids is 1. The molecule has 26 heavy (non-hydrogen) atoms. The second kappa shape index (κ2) is 9.16. The lowest BCUT2D eigenvalue weighted by Crippen LogP contribution is -2.30. The number of halogens is 1. The molecule has 0 bridgehead atoms. The zero-order chi connectivity index (χ0) is 18.4. The summed E-state index contributed by atoms with van der Waals surface area (Å²) in [5, 5.41) is 7.67. The molecule has 0 aliphatic rings. The Balaban J connectivity index is 1.42. The smallest absolute Gasteiger partial charge is 0.228 e. The van der Waals surface area contributed by atoms with E-state index in [4.69, 9.17) is 16.3 Å². The largest absolute Gasteiger partial charge is 0.493 e. The number of hydrogen-bond acceptors (Lipinski definition) is 5. The predicted octanol–water partition coefficient (Wildman–Crippen LogP) is 5.00. The van der Waals surface area contributed by atoms with E-state index in [1.165, 1.54) is 0 Å². The van der Waals surface area contributed by atoms with Crippen LogP contribution < -0.4 is 4.74 Å². The summed E-state index contributed by atoms with van der Waals surface area (Å²) in [6, 6.07) is 9.35. The van der Waals surface area contributed by atoms with Gasteiger partial charge in [-0.15, -0.1) is 11.3 Å². The standard InChI is InChI=1S/C19H19ClN2O2S2/c1-22(7-3-8-24-17-5-2-4-15(20)10-17)18(23)11-16-13-26-19(21-16)14-6-9-25-12-14/h2,4-6,9-10,12-13H,3,7-8,11H2,1H3. The zero-order valence-electron chi connectivity index (χ0n) is 14.4. The lowest BCUT2D eigenvalue weighted by Gasteiger charge is -2.16. The molecule has 3 aromatic rings. The number of aromatic nitrogens is 1. The summed E-state index contributed by atoms with van der Waals surface area (Å²) >= 11 is 9.14. The summed E-state index contributed by atoms with van der Waals surface area (Å²) in [6.07, 6.45) is 1.08. The number of ether oxygens (including phenoxy) is 1. The summed E-state index contributed by atoms with van der Waals surface area (Å²) in [5.74, 6) is 0.810. The van der Waals surface area contributed by atoms with Crippen LogP contribution in [0.2, 0.25) is 5.02 Å². The highest BCUT2D eigenvalue weighted by atomic mass is 35.5. The molecule has 7 heteroatoms. The molecular weight excluding hydrogens is 388 g/mol. The number of nitrogens with zero attached hydrogens (tertiary/aromatic N) is 2. The van der Waals surface area contributed by atoms with Gasteiger partial charge >= 0.3 is 0 Å². The zero-order valence-corrected chi connectivity index (χ0v) is 16.7. The molecule has 0 aliphatic carbocycles. The van der Waals surface area contributed by atoms with Gasteiger partial charge in [-0.3, -0.25) is 4.79 Å². The second-order valence-electron chi connectivity index (χ2n) is 5.81. The van der Waals surface area contributed by atoms with Gasteiger partial charge in [-0.1, -0.05) is 17.7 Å². The van der Waals surface area contributed by atoms with Crippen molar-refractivity contribution in [3.63, 3.8) is 0 Å². The van der Waals surface area contributed by atoms with Crippen LogP contribution in [0.1, 0.15) is 12.1 Å². The van der Waals surface area contributed by atoms with Crippen molar-refractivity contribution in [2.75, 3.05) is 20.2 Å². The molecule has 0 fully saturated rings. The Morgan fingerprint density at radius 3 is 2.96 bits per heavy atom. The lowest BCUT2D eigenvalue weighted by molar-refractivity contribution is -0.129. The van der Waals surface area contributed by atoms with Gasteiger partial charge in [0.15, 0.2) is 0 Å². The third-order valence-corrected chi connectivity index (χ3v) is 5.64. The van der Waals surface area contributed by atoms with E-state index in [0.717, 1.165) is 28.4 Å². The van der Waals surface area contributed by atoms with E-state index in [1.54, 1.807) is 33.6 Å². The number of rotatable bonds is 8. The van der Waals surface area contributed by atoms with E-state index in [9.17, 15) is 4.79 Å². The number of thiophene rings is 1. The molecule has 0 unspecified atom stereocenters. The van der Waals surface area contributed by atoms with Gasteiger partial charge < -0.3 is 9.64 Å². The quantitative estimate of drug-likeness (QED) is 0.494. The first-order valence-electron chi connectivity index (χ1n) is 8.21. The molecule has 0 radical (unpaired) electrons. The third-order valence-electron chi connectivity index (χ3n) is 3.78. The topological polar surface area (TPSA) is 42.4 Å². The third kappa shape index (κ3) is 5.30. The molecule has 1 aromatic carbocycles. The van der Waals surface area contributed by atoms with Gasteiger partial charge in [0.05, 0.1) is 18.7 Å². The van der Waals surface area contributed by atoms with Gasteiger partial charge in [0.2, 0.25) is 5.91 Å². The fraction of sp³-hybridized carbons (Fsp3) is 0.263. The van der Waals surface area contributed by atoms with Crippen molar-refractivity contribution >= 4 is 40.2 Å². The van der Waals surface area contributed by atoms with Crippen molar-refractivity contribution in [1.82, 2.24) is 9.88 Å². The van der Waals surface area contributed by atoms with Gasteiger partial charge in [0.1, 0.15) is 10.8 Å². The molecule has 0 saturated heterocycles. The van der Waals surface area contributed by atoms with Crippen LogP contribution in [0.3, 0.4) is 0 Å². The summed E-state index contributed by atoms with van der Waals surface area (Å²) in [7, 11) is 1.81. The summed E-state index contributed by atoms with van der Waals surface area (Å²) in [5.41, 5.74) is 1.94. The SMILES string of the molecule is CN(CCCOc1cccc(Cl)c1)C(=O)Cc1csc(-c2ccsc2)n1. The van der Waals surface area contributed by atoms with E-state index in [-0.39, 0.29) is 5.91 Å². The minimum absolute atomic E-state index is 0.0647. The first-order chi connectivity index (χ1) is 12.6. The lowest BCUT2D eigenvalue weighted by atomic mass is 10.3. The minimum Gasteiger partial charge on any atom is -0.493 e. The Morgan fingerprint density at radius 2 is 2.19 bits per heavy atom. The molecule has 2 aromatic heterocycles. The van der Waals surface area contributed by atoms with E-state index < -0.39 is 0 Å². The van der Waals surface area contributed by atoms with Gasteiger partial charge in [0, 0.05) is 34.9 Å². The van der Waals surface area contributed by atoms with Crippen molar-refractivity contribution in [3.8, 4) is 16.3 Å². The van der Waals surface area contributed by atoms with Crippen LogP contribution in [-0.2, 0) is 11.2 Å². The minimum atomic E-state index is 0.0647. The highest BCUT2D eigenvalue weighted by molar-refractivity contribution is 7.14. The van der Waals surface area contributed by atoms with Crippen molar-refractivity contribution in [2.45, 2.75) is 12.8 Å². The van der Waals surface area contributed by atoms with Crippen LogP contribution >= 0.6 is 34.3 Å². The number of amides is 1. The molecule has 136 valence electrons. The first-order valence-corrected chi connectivity index (χ1v) is 10.4. The van der Waals surface area contributed by atoms with Gasteiger partial charge in [-0.25, -0.2) is 4.98 Å². The number of likely N-dealkylation sites (N-methyl/N-ethyl adjacent to an activating group) is 1. The predicted molar refractivity (Wildman–Crippen MR) is 108 cm³/mol. The van der Waals surface area contributed by atoms with Crippen molar-refractivity contribution in [1.29, 1.82) is 0 Å². The average Bonchev–Trinajstić information content (AvgIpc) is 3.30. The van der Waals surface area contributed by atoms with Crippen LogP contribution in [0.15, 0.2) is 46.5 Å². The van der Waals surface area contributed by atoms with Crippen LogP contribution in [0, 0.1) is 0 Å². The van der Waals surface area contributed by atoms with Crippen LogP contribution in [0.4, 0.5) is 0 Å². The van der Waals surface area contributed by atoms with Gasteiger partial charge in [0.25, 0.3) is 0 Å². The molecule has 0 saturated carbocycles.